The van der Waals surface area contributed by atoms with Crippen molar-refractivity contribution in [3.63, 3.8) is 0 Å². The van der Waals surface area contributed by atoms with Gasteiger partial charge in [0.05, 0.1) is 6.61 Å². The molecule has 5 nitrogen and oxygen atoms in total. The first-order valence-electron chi connectivity index (χ1n) is 9.52. The van der Waals surface area contributed by atoms with Gasteiger partial charge in [-0.15, -0.1) is 0 Å². The Morgan fingerprint density at radius 3 is 2.16 bits per heavy atom. The van der Waals surface area contributed by atoms with Crippen molar-refractivity contribution in [2.75, 3.05) is 44.2 Å². The summed E-state index contributed by atoms with van der Waals surface area (Å²) in [5.74, 6) is 0.107. The van der Waals surface area contributed by atoms with Gasteiger partial charge in [0, 0.05) is 56.1 Å². The molecule has 1 unspecified atom stereocenters. The summed E-state index contributed by atoms with van der Waals surface area (Å²) >= 11 is 0. The molecular formula is C20H33N3O2. The lowest BCUT2D eigenvalue weighted by Crippen LogP contribution is -2.52. The van der Waals surface area contributed by atoms with Crippen LogP contribution >= 0.6 is 0 Å². The van der Waals surface area contributed by atoms with Crippen LogP contribution in [-0.2, 0) is 0 Å². The molecule has 1 N–H and O–H groups in total. The summed E-state index contributed by atoms with van der Waals surface area (Å²) in [6.07, 6.45) is 0.940. The second-order valence-electron chi connectivity index (χ2n) is 7.00. The normalized spacial score (nSPS) is 17.0. The molecule has 2 rings (SSSR count). The molecule has 140 valence electrons. The Labute approximate surface area is 152 Å². The smallest absolute Gasteiger partial charge is 0.253 e. The molecule has 1 amide bonds. The summed E-state index contributed by atoms with van der Waals surface area (Å²) in [6, 6.07) is 8.64. The van der Waals surface area contributed by atoms with Crippen LogP contribution in [0.25, 0.3) is 0 Å². The lowest BCUT2D eigenvalue weighted by atomic mass is 10.1. The molecule has 5 heteroatoms. The second kappa shape index (κ2) is 9.20. The van der Waals surface area contributed by atoms with E-state index in [1.165, 1.54) is 0 Å². The van der Waals surface area contributed by atoms with E-state index in [1.807, 2.05) is 29.2 Å². The Bertz CT molecular complexity index is 532. The minimum Gasteiger partial charge on any atom is -0.395 e. The van der Waals surface area contributed by atoms with Gasteiger partial charge in [0.25, 0.3) is 5.91 Å². The molecule has 1 saturated heterocycles. The highest BCUT2D eigenvalue weighted by atomic mass is 16.3. The van der Waals surface area contributed by atoms with E-state index in [0.29, 0.717) is 6.04 Å². The van der Waals surface area contributed by atoms with E-state index in [4.69, 9.17) is 0 Å². The summed E-state index contributed by atoms with van der Waals surface area (Å²) in [6.45, 7) is 12.9. The Morgan fingerprint density at radius 1 is 1.12 bits per heavy atom. The molecule has 1 aromatic carbocycles. The van der Waals surface area contributed by atoms with Crippen molar-refractivity contribution >= 4 is 11.6 Å². The lowest BCUT2D eigenvalue weighted by molar-refractivity contribution is 0.0472. The number of piperazine rings is 1. The van der Waals surface area contributed by atoms with Gasteiger partial charge in [0.1, 0.15) is 0 Å². The van der Waals surface area contributed by atoms with E-state index in [-0.39, 0.29) is 18.6 Å². The predicted molar refractivity (Wildman–Crippen MR) is 103 cm³/mol. The summed E-state index contributed by atoms with van der Waals surface area (Å²) in [4.78, 5) is 19.3. The maximum absolute atomic E-state index is 12.7. The fourth-order valence-corrected chi connectivity index (χ4v) is 3.62. The molecule has 0 aliphatic carbocycles. The molecule has 1 fully saturated rings. The Hall–Kier alpha value is -1.59. The predicted octanol–water partition coefficient (Wildman–Crippen LogP) is 2.45. The second-order valence-corrected chi connectivity index (χ2v) is 7.00. The molecule has 1 aromatic rings. The number of amides is 1. The van der Waals surface area contributed by atoms with Crippen molar-refractivity contribution in [1.29, 1.82) is 0 Å². The number of hydrogen-bond acceptors (Lipinski definition) is 4. The first-order valence-corrected chi connectivity index (χ1v) is 9.52. The number of aliphatic hydroxyl groups is 1. The van der Waals surface area contributed by atoms with Crippen LogP contribution in [0.5, 0.6) is 0 Å². The Morgan fingerprint density at radius 2 is 1.72 bits per heavy atom. The van der Waals surface area contributed by atoms with Crippen LogP contribution in [0.3, 0.4) is 0 Å². The van der Waals surface area contributed by atoms with Crippen molar-refractivity contribution in [1.82, 2.24) is 9.80 Å². The highest BCUT2D eigenvalue weighted by Crippen LogP contribution is 2.19. The number of hydrogen-bond donors (Lipinski definition) is 1. The fourth-order valence-electron chi connectivity index (χ4n) is 3.62. The van der Waals surface area contributed by atoms with Gasteiger partial charge >= 0.3 is 0 Å². The summed E-state index contributed by atoms with van der Waals surface area (Å²) in [5.41, 5.74) is 1.92. The first kappa shape index (κ1) is 19.7. The zero-order valence-corrected chi connectivity index (χ0v) is 16.1. The maximum atomic E-state index is 12.7. The van der Waals surface area contributed by atoms with E-state index in [9.17, 15) is 9.90 Å². The number of carbonyl (C=O) groups is 1. The van der Waals surface area contributed by atoms with Crippen molar-refractivity contribution in [2.24, 2.45) is 0 Å². The van der Waals surface area contributed by atoms with Crippen molar-refractivity contribution in [2.45, 2.75) is 46.2 Å². The van der Waals surface area contributed by atoms with E-state index < -0.39 is 0 Å². The number of anilines is 1. The van der Waals surface area contributed by atoms with Crippen LogP contribution in [0.15, 0.2) is 24.3 Å². The molecule has 25 heavy (non-hydrogen) atoms. The lowest BCUT2D eigenvalue weighted by Gasteiger charge is -2.38. The van der Waals surface area contributed by atoms with Crippen molar-refractivity contribution in [3.8, 4) is 0 Å². The van der Waals surface area contributed by atoms with Gasteiger partial charge in [-0.3, -0.25) is 9.69 Å². The molecule has 0 radical (unpaired) electrons. The van der Waals surface area contributed by atoms with Gasteiger partial charge in [-0.2, -0.15) is 0 Å². The summed E-state index contributed by atoms with van der Waals surface area (Å²) in [7, 11) is 0. The molecule has 1 atom stereocenters. The standard InChI is InChI=1S/C20H33N3O2/c1-5-18(15-24)21-11-13-22(14-12-21)20(25)17-7-9-19(10-8-17)23(6-2)16(3)4/h7-10,16,18,24H,5-6,11-15H2,1-4H3. The van der Waals surface area contributed by atoms with Gasteiger partial charge in [0.15, 0.2) is 0 Å². The average Bonchev–Trinajstić information content (AvgIpc) is 2.63. The van der Waals surface area contributed by atoms with E-state index in [2.05, 4.69) is 37.5 Å². The van der Waals surface area contributed by atoms with Crippen LogP contribution in [-0.4, -0.2) is 72.2 Å². The highest BCUT2D eigenvalue weighted by molar-refractivity contribution is 5.94. The summed E-state index contributed by atoms with van der Waals surface area (Å²) < 4.78 is 0. The molecule has 0 aromatic heterocycles. The quantitative estimate of drug-likeness (QED) is 0.823. The zero-order valence-electron chi connectivity index (χ0n) is 16.1. The van der Waals surface area contributed by atoms with Crippen molar-refractivity contribution in [3.05, 3.63) is 29.8 Å². The molecular weight excluding hydrogens is 314 g/mol. The number of rotatable bonds is 7. The maximum Gasteiger partial charge on any atom is 0.253 e. The third-order valence-corrected chi connectivity index (χ3v) is 5.21. The summed E-state index contributed by atoms with van der Waals surface area (Å²) in [5, 5.41) is 9.44. The topological polar surface area (TPSA) is 47.0 Å². The highest BCUT2D eigenvalue weighted by Gasteiger charge is 2.25. The number of carbonyl (C=O) groups excluding carboxylic acids is 1. The third kappa shape index (κ3) is 4.73. The largest absolute Gasteiger partial charge is 0.395 e. The minimum atomic E-state index is 0.107. The van der Waals surface area contributed by atoms with Crippen LogP contribution in [0.4, 0.5) is 5.69 Å². The van der Waals surface area contributed by atoms with Crippen LogP contribution < -0.4 is 4.90 Å². The Kier molecular flexibility index (Phi) is 7.26. The molecule has 0 bridgehead atoms. The Balaban J connectivity index is 1.97. The van der Waals surface area contributed by atoms with Gasteiger partial charge in [-0.1, -0.05) is 6.92 Å². The molecule has 1 heterocycles. The van der Waals surface area contributed by atoms with Gasteiger partial charge in [-0.05, 0) is 51.5 Å². The van der Waals surface area contributed by atoms with Crippen LogP contribution in [0, 0.1) is 0 Å². The van der Waals surface area contributed by atoms with Crippen LogP contribution in [0.1, 0.15) is 44.5 Å². The molecule has 0 spiro atoms. The van der Waals surface area contributed by atoms with Gasteiger partial charge in [0.2, 0.25) is 0 Å². The van der Waals surface area contributed by atoms with E-state index in [0.717, 1.165) is 50.4 Å². The van der Waals surface area contributed by atoms with Gasteiger partial charge in [-0.25, -0.2) is 0 Å². The molecule has 1 aliphatic rings. The fraction of sp³-hybridized carbons (Fsp3) is 0.650. The number of nitrogens with zero attached hydrogens (tertiary/aromatic N) is 3. The van der Waals surface area contributed by atoms with Crippen LogP contribution in [0.2, 0.25) is 0 Å². The third-order valence-electron chi connectivity index (χ3n) is 5.21. The molecule has 1 aliphatic heterocycles. The average molecular weight is 348 g/mol. The van der Waals surface area contributed by atoms with Gasteiger partial charge < -0.3 is 14.9 Å². The molecule has 0 saturated carbocycles. The monoisotopic (exact) mass is 347 g/mol. The van der Waals surface area contributed by atoms with Crippen molar-refractivity contribution < 1.29 is 9.90 Å². The van der Waals surface area contributed by atoms with E-state index in [1.54, 1.807) is 0 Å². The number of aliphatic hydroxyl groups excluding tert-OH is 1. The first-order chi connectivity index (χ1) is 12.0. The minimum absolute atomic E-state index is 0.107. The zero-order chi connectivity index (χ0) is 18.4. The number of benzene rings is 1. The van der Waals surface area contributed by atoms with E-state index >= 15 is 0 Å². The SMILES string of the molecule is CCC(CO)N1CCN(C(=O)c2ccc(N(CC)C(C)C)cc2)CC1.